The van der Waals surface area contributed by atoms with E-state index in [4.69, 9.17) is 0 Å². The molecule has 2 aromatic heterocycles. The van der Waals surface area contributed by atoms with Gasteiger partial charge in [0, 0.05) is 49.4 Å². The van der Waals surface area contributed by atoms with Crippen molar-refractivity contribution in [1.29, 1.82) is 0 Å². The van der Waals surface area contributed by atoms with Gasteiger partial charge in [-0.05, 0) is 55.5 Å². The number of H-pyrrole nitrogens is 1. The van der Waals surface area contributed by atoms with Crippen molar-refractivity contribution >= 4 is 32.7 Å². The number of amides is 1. The molecule has 0 atom stereocenters. The van der Waals surface area contributed by atoms with Crippen LogP contribution in [0.1, 0.15) is 48.0 Å². The lowest BCUT2D eigenvalue weighted by atomic mass is 9.89. The van der Waals surface area contributed by atoms with E-state index in [0.717, 1.165) is 23.9 Å². The monoisotopic (exact) mass is 454 g/mol. The molecule has 9 heteroatoms. The number of aromatic nitrogens is 2. The molecule has 32 heavy (non-hydrogen) atoms. The molecule has 1 aliphatic heterocycles. The number of fused-ring (bicyclic) bond motifs is 1. The molecule has 1 aromatic carbocycles. The maximum absolute atomic E-state index is 12.6. The number of hydrogen-bond donors (Lipinski definition) is 2. The first-order chi connectivity index (χ1) is 15.3. The summed E-state index contributed by atoms with van der Waals surface area (Å²) in [5, 5.41) is 1.13. The molecular formula is C23H26N4O4S. The molecule has 1 amide bonds. The van der Waals surface area contributed by atoms with Gasteiger partial charge in [-0.25, -0.2) is 18.1 Å². The quantitative estimate of drug-likeness (QED) is 0.533. The predicted molar refractivity (Wildman–Crippen MR) is 121 cm³/mol. The second-order valence-corrected chi connectivity index (χ2v) is 9.79. The van der Waals surface area contributed by atoms with E-state index >= 15 is 0 Å². The van der Waals surface area contributed by atoms with Crippen LogP contribution in [0.25, 0.3) is 11.0 Å². The lowest BCUT2D eigenvalue weighted by Crippen LogP contribution is -2.39. The Morgan fingerprint density at radius 2 is 1.88 bits per heavy atom. The van der Waals surface area contributed by atoms with Crippen LogP contribution in [0.2, 0.25) is 0 Å². The maximum Gasteiger partial charge on any atom is 0.240 e. The minimum atomic E-state index is -3.73. The second-order valence-electron chi connectivity index (χ2n) is 8.03. The zero-order valence-electron chi connectivity index (χ0n) is 17.9. The third-order valence-corrected chi connectivity index (χ3v) is 7.45. The number of hydrogen-bond acceptors (Lipinski definition) is 5. The number of sulfonamides is 1. The maximum atomic E-state index is 12.6. The van der Waals surface area contributed by atoms with Crippen molar-refractivity contribution in [3.8, 4) is 0 Å². The van der Waals surface area contributed by atoms with Gasteiger partial charge in [-0.15, -0.1) is 0 Å². The fourth-order valence-corrected chi connectivity index (χ4v) is 5.19. The van der Waals surface area contributed by atoms with E-state index in [9.17, 15) is 18.0 Å². The summed E-state index contributed by atoms with van der Waals surface area (Å²) in [4.78, 5) is 33.3. The van der Waals surface area contributed by atoms with E-state index in [0.29, 0.717) is 24.6 Å². The van der Waals surface area contributed by atoms with Gasteiger partial charge < -0.3 is 9.88 Å². The number of rotatable bonds is 7. The summed E-state index contributed by atoms with van der Waals surface area (Å²) < 4.78 is 27.3. The molecule has 8 nitrogen and oxygen atoms in total. The number of piperidine rings is 1. The molecule has 1 saturated heterocycles. The van der Waals surface area contributed by atoms with Gasteiger partial charge in [0.15, 0.2) is 5.78 Å². The van der Waals surface area contributed by atoms with Crippen LogP contribution in [0.15, 0.2) is 53.7 Å². The summed E-state index contributed by atoms with van der Waals surface area (Å²) in [5.41, 5.74) is 2.57. The number of likely N-dealkylation sites (tertiary alicyclic amines) is 1. The van der Waals surface area contributed by atoms with Crippen LogP contribution >= 0.6 is 0 Å². The third-order valence-electron chi connectivity index (χ3n) is 5.97. The molecule has 0 saturated carbocycles. The molecule has 1 fully saturated rings. The van der Waals surface area contributed by atoms with Crippen molar-refractivity contribution in [3.05, 3.63) is 59.9 Å². The van der Waals surface area contributed by atoms with Gasteiger partial charge in [0.1, 0.15) is 5.65 Å². The topological polar surface area (TPSA) is 112 Å². The lowest BCUT2D eigenvalue weighted by Gasteiger charge is -2.32. The Balaban J connectivity index is 1.27. The van der Waals surface area contributed by atoms with Crippen molar-refractivity contribution in [1.82, 2.24) is 19.6 Å². The first-order valence-electron chi connectivity index (χ1n) is 10.7. The summed E-state index contributed by atoms with van der Waals surface area (Å²) in [7, 11) is -3.73. The highest BCUT2D eigenvalue weighted by Crippen LogP contribution is 2.32. The number of ketones is 1. The first kappa shape index (κ1) is 22.2. The van der Waals surface area contributed by atoms with E-state index in [1.54, 1.807) is 11.1 Å². The summed E-state index contributed by atoms with van der Waals surface area (Å²) in [5.74, 6) is 0.185. The highest BCUT2D eigenvalue weighted by molar-refractivity contribution is 7.89. The smallest absolute Gasteiger partial charge is 0.240 e. The molecule has 3 heterocycles. The Labute approximate surface area is 187 Å². The SMILES string of the molecule is CC(=O)c1ccc(S(=O)(=O)NCCC(=O)N2CCC(c3c[nH]c4ncccc34)CC2)cc1. The highest BCUT2D eigenvalue weighted by atomic mass is 32.2. The fraction of sp³-hybridized carbons (Fsp3) is 0.348. The second kappa shape index (κ2) is 9.22. The Morgan fingerprint density at radius 1 is 1.16 bits per heavy atom. The van der Waals surface area contributed by atoms with E-state index in [2.05, 4.69) is 20.8 Å². The van der Waals surface area contributed by atoms with Crippen molar-refractivity contribution in [2.45, 2.75) is 37.0 Å². The summed E-state index contributed by atoms with van der Waals surface area (Å²) in [6, 6.07) is 9.74. The largest absolute Gasteiger partial charge is 0.346 e. The van der Waals surface area contributed by atoms with Crippen LogP contribution in [0, 0.1) is 0 Å². The van der Waals surface area contributed by atoms with Crippen molar-refractivity contribution in [2.75, 3.05) is 19.6 Å². The first-order valence-corrected chi connectivity index (χ1v) is 12.1. The van der Waals surface area contributed by atoms with E-state index in [1.807, 2.05) is 12.3 Å². The fourth-order valence-electron chi connectivity index (χ4n) is 4.16. The third kappa shape index (κ3) is 4.73. The number of nitrogens with one attached hydrogen (secondary N) is 2. The minimum Gasteiger partial charge on any atom is -0.346 e. The number of benzene rings is 1. The van der Waals surface area contributed by atoms with Crippen LogP contribution in [-0.2, 0) is 14.8 Å². The molecule has 168 valence electrons. The van der Waals surface area contributed by atoms with Gasteiger partial charge >= 0.3 is 0 Å². The van der Waals surface area contributed by atoms with Crippen LogP contribution in [0.4, 0.5) is 0 Å². The predicted octanol–water partition coefficient (Wildman–Crippen LogP) is 2.84. The van der Waals surface area contributed by atoms with Gasteiger partial charge in [-0.3, -0.25) is 9.59 Å². The average Bonchev–Trinajstić information content (AvgIpc) is 3.23. The van der Waals surface area contributed by atoms with Crippen molar-refractivity contribution in [3.63, 3.8) is 0 Å². The molecule has 0 aliphatic carbocycles. The van der Waals surface area contributed by atoms with Crippen LogP contribution < -0.4 is 4.72 Å². The molecule has 2 N–H and O–H groups in total. The number of carbonyl (C=O) groups excluding carboxylic acids is 2. The number of carbonyl (C=O) groups is 2. The summed E-state index contributed by atoms with van der Waals surface area (Å²) >= 11 is 0. The summed E-state index contributed by atoms with van der Waals surface area (Å²) in [6.45, 7) is 2.75. The lowest BCUT2D eigenvalue weighted by molar-refractivity contribution is -0.132. The Kier molecular flexibility index (Phi) is 6.38. The van der Waals surface area contributed by atoms with Gasteiger partial charge in [0.25, 0.3) is 0 Å². The van der Waals surface area contributed by atoms with Crippen molar-refractivity contribution < 1.29 is 18.0 Å². The Morgan fingerprint density at radius 3 is 2.56 bits per heavy atom. The van der Waals surface area contributed by atoms with Crippen LogP contribution in [-0.4, -0.2) is 54.6 Å². The standard InChI is InChI=1S/C23H26N4O4S/c1-16(28)17-4-6-19(7-5-17)32(30,31)26-12-8-22(29)27-13-9-18(10-14-27)21-15-25-23-20(21)3-2-11-24-23/h2-7,11,15,18,26H,8-10,12-14H2,1H3,(H,24,25). The molecule has 0 unspecified atom stereocenters. The molecule has 0 bridgehead atoms. The number of aromatic amines is 1. The number of pyridine rings is 1. The zero-order valence-corrected chi connectivity index (χ0v) is 18.7. The molecule has 0 radical (unpaired) electrons. The van der Waals surface area contributed by atoms with Crippen LogP contribution in [0.5, 0.6) is 0 Å². The molecule has 1 aliphatic rings. The Bertz CT molecular complexity index is 1230. The van der Waals surface area contributed by atoms with Gasteiger partial charge in [-0.2, -0.15) is 0 Å². The van der Waals surface area contributed by atoms with Crippen LogP contribution in [0.3, 0.4) is 0 Å². The minimum absolute atomic E-state index is 0.0314. The highest BCUT2D eigenvalue weighted by Gasteiger charge is 2.25. The van der Waals surface area contributed by atoms with Gasteiger partial charge in [-0.1, -0.05) is 12.1 Å². The van der Waals surface area contributed by atoms with E-state index < -0.39 is 10.0 Å². The molecule has 3 aromatic rings. The van der Waals surface area contributed by atoms with Gasteiger partial charge in [0.05, 0.1) is 4.90 Å². The molecule has 0 spiro atoms. The van der Waals surface area contributed by atoms with Crippen molar-refractivity contribution in [2.24, 2.45) is 0 Å². The molecular weight excluding hydrogens is 428 g/mol. The van der Waals surface area contributed by atoms with E-state index in [1.165, 1.54) is 36.8 Å². The number of nitrogens with zero attached hydrogens (tertiary/aromatic N) is 2. The molecule has 4 rings (SSSR count). The van der Waals surface area contributed by atoms with E-state index in [-0.39, 0.29) is 29.6 Å². The normalized spacial score (nSPS) is 15.2. The van der Waals surface area contributed by atoms with Gasteiger partial charge in [0.2, 0.25) is 15.9 Å². The number of Topliss-reactive ketones (excluding diaryl/α,β-unsaturated/α-hetero) is 1. The zero-order chi connectivity index (χ0) is 22.7. The average molecular weight is 455 g/mol. The Hall–Kier alpha value is -3.04. The summed E-state index contributed by atoms with van der Waals surface area (Å²) in [6.07, 6.45) is 5.60.